The smallest absolute Gasteiger partial charge is 0.328 e. The summed E-state index contributed by atoms with van der Waals surface area (Å²) in [6.07, 6.45) is 3.44. The Hall–Kier alpha value is -1.13. The lowest BCUT2D eigenvalue weighted by Gasteiger charge is -2.15. The normalized spacial score (nSPS) is 30.7. The lowest BCUT2D eigenvalue weighted by molar-refractivity contribution is -0.139. The number of carboxylic acid groups (broad SMARTS) is 1. The molecule has 0 amide bonds. The van der Waals surface area contributed by atoms with Gasteiger partial charge in [-0.05, 0) is 19.9 Å². The van der Waals surface area contributed by atoms with Crippen LogP contribution in [0.2, 0.25) is 0 Å². The van der Waals surface area contributed by atoms with E-state index in [4.69, 9.17) is 14.6 Å². The molecule has 1 rings (SSSR count). The van der Waals surface area contributed by atoms with Crippen molar-refractivity contribution in [1.82, 2.24) is 0 Å². The van der Waals surface area contributed by atoms with Crippen LogP contribution in [-0.2, 0) is 14.3 Å². The molecule has 0 aromatic carbocycles. The molecule has 0 radical (unpaired) electrons. The third kappa shape index (κ3) is 2.68. The Bertz CT molecular complexity index is 267. The first-order valence-corrected chi connectivity index (χ1v) is 4.34. The summed E-state index contributed by atoms with van der Waals surface area (Å²) in [5.41, 5.74) is 0. The number of hydrogen-bond donors (Lipinski definition) is 1. The van der Waals surface area contributed by atoms with E-state index in [0.29, 0.717) is 0 Å². The molecule has 78 valence electrons. The Morgan fingerprint density at radius 1 is 1.43 bits per heavy atom. The van der Waals surface area contributed by atoms with Gasteiger partial charge in [0.1, 0.15) is 12.2 Å². The summed E-state index contributed by atoms with van der Waals surface area (Å²) >= 11 is 0. The van der Waals surface area contributed by atoms with E-state index < -0.39 is 11.8 Å². The summed E-state index contributed by atoms with van der Waals surface area (Å²) in [5.74, 6) is -1.69. The number of carboxylic acids is 1. The van der Waals surface area contributed by atoms with Gasteiger partial charge in [-0.2, -0.15) is 0 Å². The number of ether oxygens (including phenoxy) is 2. The van der Waals surface area contributed by atoms with E-state index in [0.717, 1.165) is 6.08 Å². The highest BCUT2D eigenvalue weighted by atomic mass is 16.7. The van der Waals surface area contributed by atoms with Crippen LogP contribution in [0.4, 0.5) is 0 Å². The molecule has 14 heavy (non-hydrogen) atoms. The van der Waals surface area contributed by atoms with E-state index >= 15 is 0 Å². The van der Waals surface area contributed by atoms with Crippen LogP contribution in [0.3, 0.4) is 0 Å². The zero-order valence-electron chi connectivity index (χ0n) is 8.27. The first-order valence-electron chi connectivity index (χ1n) is 4.34. The SMILES string of the molecule is C=C[C@@H]1OC(C)(C)O[C@@H]1/C=C/C(=O)O. The summed E-state index contributed by atoms with van der Waals surface area (Å²) in [4.78, 5) is 10.3. The van der Waals surface area contributed by atoms with Gasteiger partial charge < -0.3 is 14.6 Å². The van der Waals surface area contributed by atoms with Crippen LogP contribution in [0.1, 0.15) is 13.8 Å². The lowest BCUT2D eigenvalue weighted by Crippen LogP contribution is -2.20. The van der Waals surface area contributed by atoms with Crippen molar-refractivity contribution in [1.29, 1.82) is 0 Å². The van der Waals surface area contributed by atoms with Crippen molar-refractivity contribution in [2.24, 2.45) is 0 Å². The second kappa shape index (κ2) is 3.94. The molecule has 0 bridgehead atoms. The van der Waals surface area contributed by atoms with E-state index in [9.17, 15) is 4.79 Å². The number of rotatable bonds is 3. The maximum absolute atomic E-state index is 10.3. The van der Waals surface area contributed by atoms with Crippen molar-refractivity contribution in [2.45, 2.75) is 31.8 Å². The lowest BCUT2D eigenvalue weighted by atomic mass is 10.2. The molecule has 0 aliphatic carbocycles. The predicted molar refractivity (Wildman–Crippen MR) is 50.8 cm³/mol. The van der Waals surface area contributed by atoms with Gasteiger partial charge in [-0.15, -0.1) is 6.58 Å². The van der Waals surface area contributed by atoms with Crippen molar-refractivity contribution in [2.75, 3.05) is 0 Å². The van der Waals surface area contributed by atoms with Gasteiger partial charge >= 0.3 is 5.97 Å². The zero-order valence-corrected chi connectivity index (χ0v) is 8.27. The van der Waals surface area contributed by atoms with Gasteiger partial charge in [0.05, 0.1) is 0 Å². The molecule has 0 unspecified atom stereocenters. The Labute approximate surface area is 82.8 Å². The first-order chi connectivity index (χ1) is 6.44. The van der Waals surface area contributed by atoms with Crippen molar-refractivity contribution >= 4 is 5.97 Å². The molecule has 1 N–H and O–H groups in total. The molecule has 1 saturated heterocycles. The minimum atomic E-state index is -0.999. The molecule has 0 aromatic rings. The predicted octanol–water partition coefficient (Wildman–Crippen LogP) is 1.33. The number of aliphatic carboxylic acids is 1. The highest BCUT2D eigenvalue weighted by molar-refractivity contribution is 5.79. The van der Waals surface area contributed by atoms with Crippen LogP contribution < -0.4 is 0 Å². The molecule has 4 heteroatoms. The first kappa shape index (κ1) is 10.9. The van der Waals surface area contributed by atoms with E-state index in [1.54, 1.807) is 19.9 Å². The fraction of sp³-hybridized carbons (Fsp3) is 0.500. The average molecular weight is 198 g/mol. The molecule has 1 aliphatic heterocycles. The Kier molecular flexibility index (Phi) is 3.08. The van der Waals surface area contributed by atoms with Gasteiger partial charge in [0, 0.05) is 6.08 Å². The topological polar surface area (TPSA) is 55.8 Å². The van der Waals surface area contributed by atoms with Crippen LogP contribution in [0.15, 0.2) is 24.8 Å². The van der Waals surface area contributed by atoms with E-state index in [1.165, 1.54) is 6.08 Å². The highest BCUT2D eigenvalue weighted by Crippen LogP contribution is 2.29. The molecule has 1 aliphatic rings. The Morgan fingerprint density at radius 3 is 2.50 bits per heavy atom. The van der Waals surface area contributed by atoms with Crippen molar-refractivity contribution < 1.29 is 19.4 Å². The molecular weight excluding hydrogens is 184 g/mol. The number of hydrogen-bond acceptors (Lipinski definition) is 3. The molecule has 0 saturated carbocycles. The molecular formula is C10H14O4. The van der Waals surface area contributed by atoms with E-state index in [2.05, 4.69) is 6.58 Å². The van der Waals surface area contributed by atoms with Crippen LogP contribution in [0, 0.1) is 0 Å². The largest absolute Gasteiger partial charge is 0.478 e. The second-order valence-corrected chi connectivity index (χ2v) is 3.50. The second-order valence-electron chi connectivity index (χ2n) is 3.50. The van der Waals surface area contributed by atoms with Gasteiger partial charge in [-0.1, -0.05) is 6.08 Å². The van der Waals surface area contributed by atoms with Crippen LogP contribution in [0.5, 0.6) is 0 Å². The quantitative estimate of drug-likeness (QED) is 0.549. The summed E-state index contributed by atoms with van der Waals surface area (Å²) in [5, 5.41) is 8.45. The molecule has 0 spiro atoms. The summed E-state index contributed by atoms with van der Waals surface area (Å²) < 4.78 is 10.9. The summed E-state index contributed by atoms with van der Waals surface area (Å²) in [7, 11) is 0. The average Bonchev–Trinajstić information content (AvgIpc) is 2.37. The van der Waals surface area contributed by atoms with Gasteiger partial charge in [-0.3, -0.25) is 0 Å². The fourth-order valence-electron chi connectivity index (χ4n) is 1.33. The Morgan fingerprint density at radius 2 is 2.00 bits per heavy atom. The highest BCUT2D eigenvalue weighted by Gasteiger charge is 2.38. The minimum Gasteiger partial charge on any atom is -0.478 e. The van der Waals surface area contributed by atoms with Crippen molar-refractivity contribution in [3.05, 3.63) is 24.8 Å². The van der Waals surface area contributed by atoms with Gasteiger partial charge in [0.25, 0.3) is 0 Å². The zero-order chi connectivity index (χ0) is 10.8. The molecule has 2 atom stereocenters. The Balaban J connectivity index is 2.69. The van der Waals surface area contributed by atoms with Gasteiger partial charge in [0.15, 0.2) is 5.79 Å². The fourth-order valence-corrected chi connectivity index (χ4v) is 1.33. The van der Waals surface area contributed by atoms with E-state index in [1.807, 2.05) is 0 Å². The molecule has 1 heterocycles. The monoisotopic (exact) mass is 198 g/mol. The molecule has 4 nitrogen and oxygen atoms in total. The van der Waals surface area contributed by atoms with Gasteiger partial charge in [-0.25, -0.2) is 4.79 Å². The summed E-state index contributed by atoms with van der Waals surface area (Å²) in [6.45, 7) is 7.15. The minimum absolute atomic E-state index is 0.291. The van der Waals surface area contributed by atoms with Gasteiger partial charge in [0.2, 0.25) is 0 Å². The van der Waals surface area contributed by atoms with Crippen LogP contribution in [-0.4, -0.2) is 29.1 Å². The van der Waals surface area contributed by atoms with Crippen LogP contribution >= 0.6 is 0 Å². The third-order valence-electron chi connectivity index (χ3n) is 1.82. The molecule has 1 fully saturated rings. The maximum Gasteiger partial charge on any atom is 0.328 e. The van der Waals surface area contributed by atoms with Crippen molar-refractivity contribution in [3.63, 3.8) is 0 Å². The van der Waals surface area contributed by atoms with Crippen molar-refractivity contribution in [3.8, 4) is 0 Å². The standard InChI is InChI=1S/C10H14O4/c1-4-7-8(5-6-9(11)12)14-10(2,3)13-7/h4-8H,1H2,2-3H3,(H,11,12)/b6-5+/t7-,8+/m0/s1. The summed E-state index contributed by atoms with van der Waals surface area (Å²) in [6, 6.07) is 0. The number of carbonyl (C=O) groups is 1. The van der Waals surface area contributed by atoms with Crippen LogP contribution in [0.25, 0.3) is 0 Å². The maximum atomic E-state index is 10.3. The third-order valence-corrected chi connectivity index (χ3v) is 1.82. The molecule has 0 aromatic heterocycles. The van der Waals surface area contributed by atoms with E-state index in [-0.39, 0.29) is 12.2 Å².